The Labute approximate surface area is 97.9 Å². The van der Waals surface area contributed by atoms with Crippen LogP contribution in [0.5, 0.6) is 0 Å². The zero-order valence-corrected chi connectivity index (χ0v) is 10.1. The molecule has 0 aliphatic heterocycles. The van der Waals surface area contributed by atoms with Gasteiger partial charge < -0.3 is 10.4 Å². The van der Waals surface area contributed by atoms with Gasteiger partial charge in [-0.2, -0.15) is 5.26 Å². The minimum absolute atomic E-state index is 0.352. The van der Waals surface area contributed by atoms with Gasteiger partial charge in [0.1, 0.15) is 0 Å². The highest BCUT2D eigenvalue weighted by molar-refractivity contribution is 9.10. The monoisotopic (exact) mass is 268 g/mol. The first-order chi connectivity index (χ1) is 7.15. The molecule has 0 aromatic heterocycles. The summed E-state index contributed by atoms with van der Waals surface area (Å²) >= 11 is 3.32. The Kier molecular flexibility index (Phi) is 4.60. The summed E-state index contributed by atoms with van der Waals surface area (Å²) in [5.74, 6) is 0. The van der Waals surface area contributed by atoms with Crippen LogP contribution >= 0.6 is 15.9 Å². The van der Waals surface area contributed by atoms with Crippen molar-refractivity contribution in [2.45, 2.75) is 19.4 Å². The average molecular weight is 269 g/mol. The van der Waals surface area contributed by atoms with Crippen LogP contribution in [-0.4, -0.2) is 17.8 Å². The number of benzene rings is 1. The number of hydrogen-bond donors (Lipinski definition) is 2. The molecule has 2 N–H and O–H groups in total. The van der Waals surface area contributed by atoms with Crippen molar-refractivity contribution >= 4 is 21.6 Å². The number of anilines is 1. The number of hydrogen-bond acceptors (Lipinski definition) is 3. The number of rotatable bonds is 4. The summed E-state index contributed by atoms with van der Waals surface area (Å²) in [6, 6.07) is 7.46. The standard InChI is InChI=1S/C11H13BrN2O/c1-2-11(15)7-14-10-4-8(6-13)3-9(12)5-10/h3-5,11,14-15H,2,7H2,1H3. The molecule has 0 saturated carbocycles. The number of nitrogens with one attached hydrogen (secondary N) is 1. The first-order valence-corrected chi connectivity index (χ1v) is 5.57. The molecule has 1 aromatic rings. The molecule has 0 aliphatic carbocycles. The van der Waals surface area contributed by atoms with Crippen molar-refractivity contribution in [3.63, 3.8) is 0 Å². The fourth-order valence-electron chi connectivity index (χ4n) is 1.14. The summed E-state index contributed by atoms with van der Waals surface area (Å²) in [6.07, 6.45) is 0.362. The van der Waals surface area contributed by atoms with Gasteiger partial charge in [0, 0.05) is 16.7 Å². The van der Waals surface area contributed by atoms with Crippen LogP contribution in [0, 0.1) is 11.3 Å². The molecule has 0 heterocycles. The molecule has 1 rings (SSSR count). The number of halogens is 1. The molecule has 0 aliphatic rings. The molecule has 3 nitrogen and oxygen atoms in total. The zero-order chi connectivity index (χ0) is 11.3. The molecule has 80 valence electrons. The van der Waals surface area contributed by atoms with Crippen molar-refractivity contribution in [1.82, 2.24) is 0 Å². The van der Waals surface area contributed by atoms with Gasteiger partial charge in [-0.05, 0) is 24.6 Å². The molecule has 1 unspecified atom stereocenters. The van der Waals surface area contributed by atoms with Crippen LogP contribution in [-0.2, 0) is 0 Å². The first-order valence-electron chi connectivity index (χ1n) is 4.78. The lowest BCUT2D eigenvalue weighted by Gasteiger charge is -2.11. The Morgan fingerprint density at radius 3 is 2.87 bits per heavy atom. The van der Waals surface area contributed by atoms with Gasteiger partial charge in [-0.3, -0.25) is 0 Å². The van der Waals surface area contributed by atoms with Gasteiger partial charge in [0.15, 0.2) is 0 Å². The Hall–Kier alpha value is -1.05. The molecule has 0 spiro atoms. The highest BCUT2D eigenvalue weighted by atomic mass is 79.9. The fourth-order valence-corrected chi connectivity index (χ4v) is 1.63. The van der Waals surface area contributed by atoms with Crippen LogP contribution in [0.3, 0.4) is 0 Å². The second-order valence-electron chi connectivity index (χ2n) is 3.28. The molecule has 0 fully saturated rings. The second-order valence-corrected chi connectivity index (χ2v) is 4.20. The summed E-state index contributed by atoms with van der Waals surface area (Å²) in [5, 5.41) is 21.2. The highest BCUT2D eigenvalue weighted by Gasteiger charge is 2.02. The Balaban J connectivity index is 2.69. The lowest BCUT2D eigenvalue weighted by atomic mass is 10.2. The molecular weight excluding hydrogens is 256 g/mol. The predicted octanol–water partition coefficient (Wildman–Crippen LogP) is 2.50. The Morgan fingerprint density at radius 2 is 2.27 bits per heavy atom. The number of aliphatic hydroxyl groups excluding tert-OH is 1. The van der Waals surface area contributed by atoms with Crippen LogP contribution in [0.25, 0.3) is 0 Å². The largest absolute Gasteiger partial charge is 0.391 e. The van der Waals surface area contributed by atoms with Crippen LogP contribution in [0.4, 0.5) is 5.69 Å². The Morgan fingerprint density at radius 1 is 1.53 bits per heavy atom. The molecule has 0 saturated heterocycles. The van der Waals surface area contributed by atoms with E-state index >= 15 is 0 Å². The number of nitrogens with zero attached hydrogens (tertiary/aromatic N) is 1. The third-order valence-electron chi connectivity index (χ3n) is 2.04. The summed E-state index contributed by atoms with van der Waals surface area (Å²) in [5.41, 5.74) is 1.44. The van der Waals surface area contributed by atoms with E-state index in [9.17, 15) is 5.11 Å². The van der Waals surface area contributed by atoms with E-state index in [4.69, 9.17) is 5.26 Å². The number of nitriles is 1. The van der Waals surface area contributed by atoms with Gasteiger partial charge in [-0.15, -0.1) is 0 Å². The summed E-state index contributed by atoms with van der Waals surface area (Å²) < 4.78 is 0.857. The zero-order valence-electron chi connectivity index (χ0n) is 8.50. The lowest BCUT2D eigenvalue weighted by Crippen LogP contribution is -2.18. The quantitative estimate of drug-likeness (QED) is 0.883. The lowest BCUT2D eigenvalue weighted by molar-refractivity contribution is 0.183. The van der Waals surface area contributed by atoms with Gasteiger partial charge in [-0.25, -0.2) is 0 Å². The van der Waals surface area contributed by atoms with E-state index in [1.54, 1.807) is 12.1 Å². The molecular formula is C11H13BrN2O. The summed E-state index contributed by atoms with van der Waals surface area (Å²) in [6.45, 7) is 2.42. The van der Waals surface area contributed by atoms with Gasteiger partial charge in [-0.1, -0.05) is 22.9 Å². The third-order valence-corrected chi connectivity index (χ3v) is 2.50. The van der Waals surface area contributed by atoms with E-state index in [0.29, 0.717) is 18.5 Å². The fraction of sp³-hybridized carbons (Fsp3) is 0.364. The SMILES string of the molecule is CCC(O)CNc1cc(Br)cc(C#N)c1. The minimum Gasteiger partial charge on any atom is -0.391 e. The second kappa shape index (κ2) is 5.74. The minimum atomic E-state index is -0.352. The maximum Gasteiger partial charge on any atom is 0.0992 e. The van der Waals surface area contributed by atoms with Crippen molar-refractivity contribution < 1.29 is 5.11 Å². The van der Waals surface area contributed by atoms with Crippen LogP contribution in [0.15, 0.2) is 22.7 Å². The smallest absolute Gasteiger partial charge is 0.0992 e. The van der Waals surface area contributed by atoms with E-state index in [1.807, 2.05) is 13.0 Å². The topological polar surface area (TPSA) is 56.0 Å². The van der Waals surface area contributed by atoms with Crippen LogP contribution < -0.4 is 5.32 Å². The van der Waals surface area contributed by atoms with E-state index in [0.717, 1.165) is 10.2 Å². The van der Waals surface area contributed by atoms with Crippen molar-refractivity contribution in [3.05, 3.63) is 28.2 Å². The average Bonchev–Trinajstić information content (AvgIpc) is 2.25. The molecule has 0 radical (unpaired) electrons. The third kappa shape index (κ3) is 3.90. The first kappa shape index (κ1) is 12.0. The summed E-state index contributed by atoms with van der Waals surface area (Å²) in [7, 11) is 0. The van der Waals surface area contributed by atoms with Gasteiger partial charge in [0.2, 0.25) is 0 Å². The Bertz CT molecular complexity index is 373. The molecule has 0 bridgehead atoms. The normalized spacial score (nSPS) is 11.9. The maximum atomic E-state index is 9.38. The molecule has 0 amide bonds. The van der Waals surface area contributed by atoms with E-state index in [-0.39, 0.29) is 6.10 Å². The van der Waals surface area contributed by atoms with Crippen molar-refractivity contribution in [1.29, 1.82) is 5.26 Å². The van der Waals surface area contributed by atoms with E-state index in [2.05, 4.69) is 27.3 Å². The molecule has 1 aromatic carbocycles. The highest BCUT2D eigenvalue weighted by Crippen LogP contribution is 2.19. The molecule has 15 heavy (non-hydrogen) atoms. The number of aliphatic hydroxyl groups is 1. The van der Waals surface area contributed by atoms with Crippen molar-refractivity contribution in [3.8, 4) is 6.07 Å². The molecule has 4 heteroatoms. The van der Waals surface area contributed by atoms with Crippen LogP contribution in [0.1, 0.15) is 18.9 Å². The maximum absolute atomic E-state index is 9.38. The molecule has 1 atom stereocenters. The van der Waals surface area contributed by atoms with E-state index in [1.165, 1.54) is 0 Å². The van der Waals surface area contributed by atoms with Crippen LogP contribution in [0.2, 0.25) is 0 Å². The van der Waals surface area contributed by atoms with Gasteiger partial charge >= 0.3 is 0 Å². The predicted molar refractivity (Wildman–Crippen MR) is 63.6 cm³/mol. The van der Waals surface area contributed by atoms with E-state index < -0.39 is 0 Å². The van der Waals surface area contributed by atoms with Gasteiger partial charge in [0.25, 0.3) is 0 Å². The van der Waals surface area contributed by atoms with Crippen molar-refractivity contribution in [2.75, 3.05) is 11.9 Å². The van der Waals surface area contributed by atoms with Gasteiger partial charge in [0.05, 0.1) is 17.7 Å². The van der Waals surface area contributed by atoms with Crippen molar-refractivity contribution in [2.24, 2.45) is 0 Å². The summed E-state index contributed by atoms with van der Waals surface area (Å²) in [4.78, 5) is 0.